The molecule has 0 amide bonds. The molecule has 0 spiro atoms. The molecule has 31 heavy (non-hydrogen) atoms. The number of halogens is 1. The first-order chi connectivity index (χ1) is 14.9. The van der Waals surface area contributed by atoms with E-state index in [4.69, 9.17) is 31.1 Å². The summed E-state index contributed by atoms with van der Waals surface area (Å²) in [6, 6.07) is 18.4. The second kappa shape index (κ2) is 10.2. The average Bonchev–Trinajstić information content (AvgIpc) is 2.75. The van der Waals surface area contributed by atoms with Crippen LogP contribution in [0.25, 0.3) is 0 Å². The zero-order valence-electron chi connectivity index (χ0n) is 16.7. The summed E-state index contributed by atoms with van der Waals surface area (Å²) in [7, 11) is -2.65. The van der Waals surface area contributed by atoms with Crippen LogP contribution >= 0.6 is 11.6 Å². The molecule has 0 bridgehead atoms. The van der Waals surface area contributed by atoms with E-state index >= 15 is 0 Å². The van der Waals surface area contributed by atoms with Crippen LogP contribution in [0.15, 0.2) is 76.7 Å². The van der Waals surface area contributed by atoms with Gasteiger partial charge in [0, 0.05) is 24.6 Å². The second-order valence-electron chi connectivity index (χ2n) is 6.43. The van der Waals surface area contributed by atoms with Crippen LogP contribution < -0.4 is 19.5 Å². The number of rotatable bonds is 9. The Labute approximate surface area is 186 Å². The van der Waals surface area contributed by atoms with Gasteiger partial charge in [0.05, 0.1) is 25.0 Å². The second-order valence-corrected chi connectivity index (χ2v) is 8.35. The van der Waals surface area contributed by atoms with Crippen LogP contribution in [-0.4, -0.2) is 28.3 Å². The zero-order valence-corrected chi connectivity index (χ0v) is 18.3. The first-order valence-electron chi connectivity index (χ1n) is 9.24. The van der Waals surface area contributed by atoms with Gasteiger partial charge < -0.3 is 19.5 Å². The molecule has 0 saturated carbocycles. The summed E-state index contributed by atoms with van der Waals surface area (Å²) in [6.45, 7) is 0.369. The summed E-state index contributed by atoms with van der Waals surface area (Å²) in [5.74, 6) is 6.01. The number of nitrogens with zero attached hydrogens (tertiary/aromatic N) is 1. The van der Waals surface area contributed by atoms with E-state index in [-0.39, 0.29) is 15.7 Å². The Bertz CT molecular complexity index is 1160. The molecular weight excluding hydrogens is 440 g/mol. The number of hydrazone groups is 1. The smallest absolute Gasteiger partial charge is 0.340 e. The van der Waals surface area contributed by atoms with Crippen molar-refractivity contribution >= 4 is 27.9 Å². The van der Waals surface area contributed by atoms with Crippen LogP contribution in [0.2, 0.25) is 5.02 Å². The fraction of sp³-hybridized carbons (Fsp3) is 0.136. The minimum Gasteiger partial charge on any atom is -0.496 e. The molecule has 0 aliphatic rings. The highest BCUT2D eigenvalue weighted by molar-refractivity contribution is 7.87. The highest BCUT2D eigenvalue weighted by atomic mass is 35.5. The highest BCUT2D eigenvalue weighted by Crippen LogP contribution is 2.31. The molecular formula is C22H21ClN2O5S. The Kier molecular flexibility index (Phi) is 7.38. The van der Waals surface area contributed by atoms with E-state index in [0.29, 0.717) is 24.5 Å². The van der Waals surface area contributed by atoms with Crippen molar-refractivity contribution in [2.45, 2.75) is 11.3 Å². The van der Waals surface area contributed by atoms with Gasteiger partial charge in [-0.3, -0.25) is 0 Å². The van der Waals surface area contributed by atoms with Crippen LogP contribution in [0.5, 0.6) is 17.2 Å². The zero-order chi connectivity index (χ0) is 22.3. The predicted molar refractivity (Wildman–Crippen MR) is 120 cm³/mol. The first kappa shape index (κ1) is 22.5. The molecule has 162 valence electrons. The molecule has 0 radical (unpaired) electrons. The number of hydrogen-bond donors (Lipinski definition) is 1. The lowest BCUT2D eigenvalue weighted by atomic mass is 10.1. The fourth-order valence-corrected chi connectivity index (χ4v) is 4.17. The van der Waals surface area contributed by atoms with Crippen LogP contribution in [-0.2, 0) is 16.5 Å². The lowest BCUT2D eigenvalue weighted by molar-refractivity contribution is 0.317. The third kappa shape index (κ3) is 6.13. The van der Waals surface area contributed by atoms with Gasteiger partial charge in [-0.05, 0) is 23.3 Å². The monoisotopic (exact) mass is 460 g/mol. The Hall–Kier alpha value is -3.23. The predicted octanol–water partition coefficient (Wildman–Crippen LogP) is 4.03. The summed E-state index contributed by atoms with van der Waals surface area (Å²) in [5.41, 5.74) is 1.97. The number of nitrogens with two attached hydrogens (primary N) is 1. The topological polar surface area (TPSA) is 100 Å². The normalized spacial score (nSPS) is 11.4. The molecule has 3 aromatic carbocycles. The van der Waals surface area contributed by atoms with Gasteiger partial charge in [-0.15, -0.1) is 0 Å². The molecule has 3 rings (SSSR count). The number of benzene rings is 3. The number of ether oxygens (including phenoxy) is 2. The molecule has 0 aliphatic carbocycles. The van der Waals surface area contributed by atoms with Crippen LogP contribution in [0.4, 0.5) is 0 Å². The number of hydrogen-bond acceptors (Lipinski definition) is 7. The fourth-order valence-electron chi connectivity index (χ4n) is 2.76. The van der Waals surface area contributed by atoms with Crippen molar-refractivity contribution in [2.24, 2.45) is 10.9 Å². The number of methoxy groups -OCH3 is 1. The van der Waals surface area contributed by atoms with Crippen molar-refractivity contribution in [3.63, 3.8) is 0 Å². The maximum atomic E-state index is 12.6. The summed E-state index contributed by atoms with van der Waals surface area (Å²) in [6.07, 6.45) is 2.21. The van der Waals surface area contributed by atoms with Gasteiger partial charge in [-0.1, -0.05) is 48.0 Å². The third-order valence-electron chi connectivity index (χ3n) is 4.26. The van der Waals surface area contributed by atoms with Gasteiger partial charge in [-0.2, -0.15) is 13.5 Å². The van der Waals surface area contributed by atoms with E-state index in [1.165, 1.54) is 31.4 Å². The van der Waals surface area contributed by atoms with Crippen molar-refractivity contribution in [2.75, 3.05) is 13.7 Å². The summed E-state index contributed by atoms with van der Waals surface area (Å²) < 4.78 is 41.5. The summed E-state index contributed by atoms with van der Waals surface area (Å²) in [4.78, 5) is -0.120. The van der Waals surface area contributed by atoms with Crippen molar-refractivity contribution in [3.05, 3.63) is 82.9 Å². The lowest BCUT2D eigenvalue weighted by Crippen LogP contribution is -2.10. The quantitative estimate of drug-likeness (QED) is 0.224. The maximum absolute atomic E-state index is 12.6. The SMILES string of the molecule is COc1cc(OCCc2ccc(C=NN)cc2)cc(OS(=O)(=O)c2ccccc2Cl)c1. The molecule has 0 heterocycles. The van der Waals surface area contributed by atoms with Crippen LogP contribution in [0.3, 0.4) is 0 Å². The van der Waals surface area contributed by atoms with Crippen molar-refractivity contribution in [3.8, 4) is 17.2 Å². The molecule has 0 aromatic heterocycles. The van der Waals surface area contributed by atoms with Crippen molar-refractivity contribution in [1.82, 2.24) is 0 Å². The van der Waals surface area contributed by atoms with Gasteiger partial charge >= 0.3 is 10.1 Å². The van der Waals surface area contributed by atoms with E-state index < -0.39 is 10.1 Å². The third-order valence-corrected chi connectivity index (χ3v) is 6.01. The minimum atomic E-state index is -4.12. The van der Waals surface area contributed by atoms with Gasteiger partial charge in [0.15, 0.2) is 0 Å². The van der Waals surface area contributed by atoms with Gasteiger partial charge in [-0.25, -0.2) is 0 Å². The molecule has 0 aliphatic heterocycles. The molecule has 0 atom stereocenters. The van der Waals surface area contributed by atoms with E-state index in [0.717, 1.165) is 11.1 Å². The molecule has 0 fully saturated rings. The van der Waals surface area contributed by atoms with Gasteiger partial charge in [0.1, 0.15) is 22.1 Å². The largest absolute Gasteiger partial charge is 0.496 e. The van der Waals surface area contributed by atoms with E-state index in [9.17, 15) is 8.42 Å². The standard InChI is InChI=1S/C22H21ClN2O5S/c1-28-18-12-19(29-11-10-16-6-8-17(9-7-16)15-25-24)14-20(13-18)30-31(26,27)22-5-3-2-4-21(22)23/h2-9,12-15H,10-11,24H2,1H3. The molecule has 3 aromatic rings. The van der Waals surface area contributed by atoms with Crippen molar-refractivity contribution in [1.29, 1.82) is 0 Å². The van der Waals surface area contributed by atoms with Gasteiger partial charge in [0.2, 0.25) is 0 Å². The average molecular weight is 461 g/mol. The molecule has 7 nitrogen and oxygen atoms in total. The Balaban J connectivity index is 1.71. The Morgan fingerprint density at radius 3 is 2.35 bits per heavy atom. The summed E-state index contributed by atoms with van der Waals surface area (Å²) >= 11 is 6.00. The Morgan fingerprint density at radius 2 is 1.68 bits per heavy atom. The van der Waals surface area contributed by atoms with E-state index in [1.54, 1.807) is 24.4 Å². The lowest BCUT2D eigenvalue weighted by Gasteiger charge is -2.12. The van der Waals surface area contributed by atoms with Crippen LogP contribution in [0, 0.1) is 0 Å². The Morgan fingerprint density at radius 1 is 1.00 bits per heavy atom. The van der Waals surface area contributed by atoms with Crippen molar-refractivity contribution < 1.29 is 22.1 Å². The maximum Gasteiger partial charge on any atom is 0.340 e. The summed E-state index contributed by atoms with van der Waals surface area (Å²) in [5, 5.41) is 3.56. The minimum absolute atomic E-state index is 0.0553. The van der Waals surface area contributed by atoms with Crippen LogP contribution in [0.1, 0.15) is 11.1 Å². The molecule has 9 heteroatoms. The molecule has 0 saturated heterocycles. The first-order valence-corrected chi connectivity index (χ1v) is 11.0. The van der Waals surface area contributed by atoms with E-state index in [2.05, 4.69) is 5.10 Å². The highest BCUT2D eigenvalue weighted by Gasteiger charge is 2.20. The van der Waals surface area contributed by atoms with E-state index in [1.807, 2.05) is 24.3 Å². The molecule has 2 N–H and O–H groups in total. The van der Waals surface area contributed by atoms with Gasteiger partial charge in [0.25, 0.3) is 0 Å². The molecule has 0 unspecified atom stereocenters.